The standard InChI is InChI=1S/3C6H5.C2H5O.Sn/c3*1-2-4-6-5-3-1;1-2-3;/h3*1-5H;2-3H,1H3;. The van der Waals surface area contributed by atoms with Crippen molar-refractivity contribution in [2.24, 2.45) is 0 Å². The molecule has 3 aromatic rings. The molecule has 0 amide bonds. The minimum absolute atomic E-state index is 0.346. The third kappa shape index (κ3) is 2.59. The molecule has 1 nitrogen and oxygen atoms in total. The van der Waals surface area contributed by atoms with E-state index in [-0.39, 0.29) is 4.12 Å². The Labute approximate surface area is 136 Å². The molecule has 0 aliphatic rings. The number of hydrogen-bond donors (Lipinski definition) is 1. The number of rotatable bonds is 4. The SMILES string of the molecule is C[CH](O)[Sn]([c]1ccccc1)([c]1ccccc1)[c]1ccccc1. The van der Waals surface area contributed by atoms with Crippen molar-refractivity contribution < 1.29 is 5.11 Å². The van der Waals surface area contributed by atoms with Gasteiger partial charge >= 0.3 is 136 Å². The summed E-state index contributed by atoms with van der Waals surface area (Å²) < 4.78 is 3.58. The Morgan fingerprint density at radius 1 is 0.591 bits per heavy atom. The van der Waals surface area contributed by atoms with Crippen molar-refractivity contribution in [1.29, 1.82) is 0 Å². The van der Waals surface area contributed by atoms with Gasteiger partial charge in [-0.15, -0.1) is 0 Å². The van der Waals surface area contributed by atoms with E-state index in [1.807, 2.05) is 25.1 Å². The molecule has 0 saturated carbocycles. The number of aliphatic hydroxyl groups is 1. The molecule has 1 N–H and O–H groups in total. The van der Waals surface area contributed by atoms with E-state index < -0.39 is 18.4 Å². The van der Waals surface area contributed by atoms with E-state index in [0.717, 1.165) is 0 Å². The van der Waals surface area contributed by atoms with Gasteiger partial charge in [0, 0.05) is 0 Å². The molecule has 22 heavy (non-hydrogen) atoms. The van der Waals surface area contributed by atoms with Crippen LogP contribution < -0.4 is 10.7 Å². The molecule has 1 unspecified atom stereocenters. The van der Waals surface area contributed by atoms with Gasteiger partial charge in [-0.3, -0.25) is 0 Å². The Kier molecular flexibility index (Phi) is 4.65. The summed E-state index contributed by atoms with van der Waals surface area (Å²) in [5.74, 6) is 0. The van der Waals surface area contributed by atoms with Gasteiger partial charge in [-0.25, -0.2) is 0 Å². The van der Waals surface area contributed by atoms with Crippen molar-refractivity contribution in [3.63, 3.8) is 0 Å². The first kappa shape index (κ1) is 15.3. The molecular formula is C20H20OSn. The molecule has 0 aliphatic carbocycles. The van der Waals surface area contributed by atoms with Crippen LogP contribution in [0.2, 0.25) is 0 Å². The molecule has 1 atom stereocenters. The summed E-state index contributed by atoms with van der Waals surface area (Å²) in [4.78, 5) is 0. The second kappa shape index (κ2) is 6.67. The van der Waals surface area contributed by atoms with Crippen molar-refractivity contribution in [3.8, 4) is 0 Å². The van der Waals surface area contributed by atoms with E-state index in [9.17, 15) is 5.11 Å². The molecule has 0 radical (unpaired) electrons. The van der Waals surface area contributed by atoms with Crippen molar-refractivity contribution in [2.75, 3.05) is 0 Å². The molecule has 0 spiro atoms. The van der Waals surface area contributed by atoms with Crippen LogP contribution in [0.3, 0.4) is 0 Å². The van der Waals surface area contributed by atoms with E-state index in [2.05, 4.69) is 72.8 Å². The van der Waals surface area contributed by atoms with Gasteiger partial charge < -0.3 is 0 Å². The molecule has 0 fully saturated rings. The van der Waals surface area contributed by atoms with E-state index >= 15 is 0 Å². The fourth-order valence-electron chi connectivity index (χ4n) is 3.33. The van der Waals surface area contributed by atoms with Crippen LogP contribution >= 0.6 is 0 Å². The summed E-state index contributed by atoms with van der Waals surface area (Å²) in [5.41, 5.74) is 0. The van der Waals surface area contributed by atoms with Crippen LogP contribution in [0.25, 0.3) is 0 Å². The van der Waals surface area contributed by atoms with Crippen LogP contribution in [-0.2, 0) is 0 Å². The second-order valence-corrected chi connectivity index (χ2v) is 17.5. The molecule has 0 aliphatic heterocycles. The van der Waals surface area contributed by atoms with Crippen molar-refractivity contribution in [1.82, 2.24) is 0 Å². The van der Waals surface area contributed by atoms with Gasteiger partial charge in [-0.05, 0) is 0 Å². The normalized spacial score (nSPS) is 12.8. The van der Waals surface area contributed by atoms with Gasteiger partial charge in [0.25, 0.3) is 0 Å². The van der Waals surface area contributed by atoms with Crippen LogP contribution in [0.5, 0.6) is 0 Å². The number of aliphatic hydroxyl groups excluding tert-OH is 1. The van der Waals surface area contributed by atoms with Crippen molar-refractivity contribution in [3.05, 3.63) is 91.0 Å². The fourth-order valence-corrected chi connectivity index (χ4v) is 16.5. The van der Waals surface area contributed by atoms with Crippen LogP contribution in [0.1, 0.15) is 6.92 Å². The van der Waals surface area contributed by atoms with Crippen molar-refractivity contribution >= 4 is 29.1 Å². The van der Waals surface area contributed by atoms with Gasteiger partial charge in [-0.2, -0.15) is 0 Å². The number of benzene rings is 3. The summed E-state index contributed by atoms with van der Waals surface area (Å²) >= 11 is -3.41. The average Bonchev–Trinajstić information content (AvgIpc) is 2.58. The Balaban J connectivity index is 2.34. The average molecular weight is 395 g/mol. The van der Waals surface area contributed by atoms with E-state index in [1.54, 1.807) is 0 Å². The summed E-state index contributed by atoms with van der Waals surface area (Å²) in [6, 6.07) is 31.7. The van der Waals surface area contributed by atoms with Crippen LogP contribution in [0.4, 0.5) is 0 Å². The van der Waals surface area contributed by atoms with E-state index in [0.29, 0.717) is 0 Å². The molecule has 3 aromatic carbocycles. The zero-order valence-corrected chi connectivity index (χ0v) is 15.5. The molecule has 0 bridgehead atoms. The van der Waals surface area contributed by atoms with Gasteiger partial charge in [0.1, 0.15) is 0 Å². The Hall–Kier alpha value is -1.58. The first-order chi connectivity index (χ1) is 10.8. The summed E-state index contributed by atoms with van der Waals surface area (Å²) in [7, 11) is 0. The summed E-state index contributed by atoms with van der Waals surface area (Å²) in [6.07, 6.45) is 0. The van der Waals surface area contributed by atoms with Gasteiger partial charge in [0.05, 0.1) is 0 Å². The molecule has 0 heterocycles. The van der Waals surface area contributed by atoms with E-state index in [4.69, 9.17) is 0 Å². The maximum atomic E-state index is 10.9. The fraction of sp³-hybridized carbons (Fsp3) is 0.100. The maximum absolute atomic E-state index is 10.9. The first-order valence-corrected chi connectivity index (χ1v) is 13.5. The summed E-state index contributed by atoms with van der Waals surface area (Å²) in [6.45, 7) is 1.96. The Bertz CT molecular complexity index is 612. The predicted molar refractivity (Wildman–Crippen MR) is 95.7 cm³/mol. The quantitative estimate of drug-likeness (QED) is 0.671. The predicted octanol–water partition coefficient (Wildman–Crippen LogP) is 2.08. The number of hydrogen-bond acceptors (Lipinski definition) is 1. The molecule has 0 saturated heterocycles. The third-order valence-corrected chi connectivity index (χ3v) is 18.5. The zero-order valence-electron chi connectivity index (χ0n) is 12.7. The minimum atomic E-state index is -3.41. The van der Waals surface area contributed by atoms with Gasteiger partial charge in [0.15, 0.2) is 0 Å². The molecule has 0 aromatic heterocycles. The molecule has 2 heteroatoms. The third-order valence-electron chi connectivity index (χ3n) is 4.31. The topological polar surface area (TPSA) is 20.2 Å². The first-order valence-electron chi connectivity index (χ1n) is 7.61. The van der Waals surface area contributed by atoms with Crippen LogP contribution in [0.15, 0.2) is 91.0 Å². The van der Waals surface area contributed by atoms with Gasteiger partial charge in [-0.1, -0.05) is 0 Å². The molecular weight excluding hydrogens is 375 g/mol. The monoisotopic (exact) mass is 396 g/mol. The second-order valence-electron chi connectivity index (χ2n) is 5.58. The zero-order chi connectivity index (χ0) is 15.4. The molecule has 110 valence electrons. The van der Waals surface area contributed by atoms with Crippen molar-refractivity contribution in [2.45, 2.75) is 11.0 Å². The summed E-state index contributed by atoms with van der Waals surface area (Å²) in [5, 5.41) is 10.9. The Morgan fingerprint density at radius 3 is 1.09 bits per heavy atom. The van der Waals surface area contributed by atoms with E-state index in [1.165, 1.54) is 10.7 Å². The van der Waals surface area contributed by atoms with Crippen LogP contribution in [0, 0.1) is 0 Å². The van der Waals surface area contributed by atoms with Gasteiger partial charge in [0.2, 0.25) is 0 Å². The Morgan fingerprint density at radius 2 is 0.864 bits per heavy atom. The molecule has 3 rings (SSSR count). The van der Waals surface area contributed by atoms with Crippen LogP contribution in [-0.4, -0.2) is 27.6 Å².